The number of aliphatic hydroxyl groups excluding tert-OH is 1. The molecule has 1 atom stereocenters. The van der Waals surface area contributed by atoms with Crippen molar-refractivity contribution in [2.24, 2.45) is 0 Å². The summed E-state index contributed by atoms with van der Waals surface area (Å²) in [6.45, 7) is 5.64. The highest BCUT2D eigenvalue weighted by molar-refractivity contribution is 5.53. The standard InChI is InChI=1S/C20H24N4O/c1-16-4-6-17(7-5-16)14-23-10-11-24(15-19(23)8-12-25)20-18(13-21)3-2-9-22-20/h2-7,9,19,25H,8,10-12,14-15H2,1H3. The van der Waals surface area contributed by atoms with Crippen molar-refractivity contribution in [3.63, 3.8) is 0 Å². The van der Waals surface area contributed by atoms with Crippen LogP contribution in [0.2, 0.25) is 0 Å². The first-order valence-corrected chi connectivity index (χ1v) is 8.72. The van der Waals surface area contributed by atoms with Gasteiger partial charge in [-0.25, -0.2) is 4.98 Å². The Bertz CT molecular complexity index is 738. The Morgan fingerprint density at radius 1 is 1.24 bits per heavy atom. The summed E-state index contributed by atoms with van der Waals surface area (Å²) >= 11 is 0. The Balaban J connectivity index is 1.74. The van der Waals surface area contributed by atoms with Gasteiger partial charge in [-0.3, -0.25) is 4.90 Å². The van der Waals surface area contributed by atoms with E-state index in [-0.39, 0.29) is 12.6 Å². The van der Waals surface area contributed by atoms with Gasteiger partial charge in [-0.15, -0.1) is 0 Å². The van der Waals surface area contributed by atoms with Gasteiger partial charge in [0.05, 0.1) is 5.56 Å². The van der Waals surface area contributed by atoms with Gasteiger partial charge < -0.3 is 10.0 Å². The fraction of sp³-hybridized carbons (Fsp3) is 0.400. The molecule has 1 N–H and O–H groups in total. The lowest BCUT2D eigenvalue weighted by atomic mass is 10.1. The topological polar surface area (TPSA) is 63.4 Å². The second-order valence-corrected chi connectivity index (χ2v) is 6.55. The average molecular weight is 336 g/mol. The van der Waals surface area contributed by atoms with E-state index in [0.29, 0.717) is 5.56 Å². The van der Waals surface area contributed by atoms with Gasteiger partial charge in [-0.2, -0.15) is 5.26 Å². The highest BCUT2D eigenvalue weighted by atomic mass is 16.3. The van der Waals surface area contributed by atoms with Gasteiger partial charge in [0.15, 0.2) is 0 Å². The Morgan fingerprint density at radius 2 is 2.04 bits per heavy atom. The molecule has 2 heterocycles. The number of piperazine rings is 1. The number of rotatable bonds is 5. The Kier molecular flexibility index (Phi) is 5.64. The highest BCUT2D eigenvalue weighted by Gasteiger charge is 2.28. The van der Waals surface area contributed by atoms with Crippen molar-refractivity contribution in [3.05, 3.63) is 59.3 Å². The van der Waals surface area contributed by atoms with Crippen LogP contribution in [-0.4, -0.2) is 47.3 Å². The van der Waals surface area contributed by atoms with Crippen LogP contribution >= 0.6 is 0 Å². The van der Waals surface area contributed by atoms with Crippen LogP contribution < -0.4 is 4.90 Å². The average Bonchev–Trinajstić information content (AvgIpc) is 2.65. The Morgan fingerprint density at radius 3 is 2.76 bits per heavy atom. The number of aliphatic hydroxyl groups is 1. The summed E-state index contributed by atoms with van der Waals surface area (Å²) in [5.41, 5.74) is 3.16. The van der Waals surface area contributed by atoms with Crippen molar-refractivity contribution in [3.8, 4) is 6.07 Å². The first kappa shape index (κ1) is 17.4. The Hall–Kier alpha value is -2.42. The SMILES string of the molecule is Cc1ccc(CN2CCN(c3ncccc3C#N)CC2CCO)cc1. The second-order valence-electron chi connectivity index (χ2n) is 6.55. The maximum atomic E-state index is 9.48. The molecule has 1 aromatic heterocycles. The first-order valence-electron chi connectivity index (χ1n) is 8.72. The minimum absolute atomic E-state index is 0.163. The van der Waals surface area contributed by atoms with Crippen molar-refractivity contribution in [1.82, 2.24) is 9.88 Å². The minimum Gasteiger partial charge on any atom is -0.396 e. The molecule has 3 rings (SSSR count). The van der Waals surface area contributed by atoms with Crippen LogP contribution in [0.4, 0.5) is 5.82 Å². The molecule has 1 aliphatic heterocycles. The van der Waals surface area contributed by atoms with Crippen molar-refractivity contribution in [1.29, 1.82) is 5.26 Å². The second kappa shape index (κ2) is 8.11. The summed E-state index contributed by atoms with van der Waals surface area (Å²) in [6.07, 6.45) is 2.45. The zero-order chi connectivity index (χ0) is 17.6. The largest absolute Gasteiger partial charge is 0.396 e. The monoisotopic (exact) mass is 336 g/mol. The summed E-state index contributed by atoms with van der Waals surface area (Å²) in [5, 5.41) is 18.8. The predicted octanol–water partition coefficient (Wildman–Crippen LogP) is 2.33. The van der Waals surface area contributed by atoms with E-state index in [9.17, 15) is 10.4 Å². The molecule has 130 valence electrons. The van der Waals surface area contributed by atoms with Gasteiger partial charge in [-0.05, 0) is 31.0 Å². The van der Waals surface area contributed by atoms with Crippen LogP contribution in [0, 0.1) is 18.3 Å². The summed E-state index contributed by atoms with van der Waals surface area (Å²) < 4.78 is 0. The molecule has 0 aliphatic carbocycles. The van der Waals surface area contributed by atoms with E-state index in [1.807, 2.05) is 6.07 Å². The van der Waals surface area contributed by atoms with Crippen molar-refractivity contribution < 1.29 is 5.11 Å². The van der Waals surface area contributed by atoms with Crippen LogP contribution in [0.3, 0.4) is 0 Å². The smallest absolute Gasteiger partial charge is 0.146 e. The number of benzene rings is 1. The molecule has 2 aromatic rings. The van der Waals surface area contributed by atoms with Gasteiger partial charge in [0.1, 0.15) is 11.9 Å². The lowest BCUT2D eigenvalue weighted by Gasteiger charge is -2.42. The van der Waals surface area contributed by atoms with E-state index in [0.717, 1.165) is 38.4 Å². The van der Waals surface area contributed by atoms with E-state index in [1.54, 1.807) is 12.3 Å². The first-order chi connectivity index (χ1) is 12.2. The van der Waals surface area contributed by atoms with Gasteiger partial charge >= 0.3 is 0 Å². The molecule has 1 fully saturated rings. The highest BCUT2D eigenvalue weighted by Crippen LogP contribution is 2.23. The third kappa shape index (κ3) is 4.16. The fourth-order valence-electron chi connectivity index (χ4n) is 3.38. The number of hydrogen-bond donors (Lipinski definition) is 1. The van der Waals surface area contributed by atoms with Crippen LogP contribution in [-0.2, 0) is 6.54 Å². The number of hydrogen-bond acceptors (Lipinski definition) is 5. The Labute approximate surface area is 149 Å². The van der Waals surface area contributed by atoms with E-state index in [2.05, 4.69) is 52.0 Å². The molecule has 0 spiro atoms. The van der Waals surface area contributed by atoms with Gasteiger partial charge in [0.2, 0.25) is 0 Å². The summed E-state index contributed by atoms with van der Waals surface area (Å²) in [4.78, 5) is 9.00. The third-order valence-corrected chi connectivity index (χ3v) is 4.78. The van der Waals surface area contributed by atoms with Gasteiger partial charge in [0, 0.05) is 45.0 Å². The predicted molar refractivity (Wildman–Crippen MR) is 98.2 cm³/mol. The van der Waals surface area contributed by atoms with E-state index >= 15 is 0 Å². The molecule has 1 aromatic carbocycles. The molecule has 5 nitrogen and oxygen atoms in total. The number of aromatic nitrogens is 1. The van der Waals surface area contributed by atoms with E-state index in [1.165, 1.54) is 11.1 Å². The van der Waals surface area contributed by atoms with Crippen LogP contribution in [0.25, 0.3) is 0 Å². The van der Waals surface area contributed by atoms with Crippen molar-refractivity contribution in [2.75, 3.05) is 31.1 Å². The van der Waals surface area contributed by atoms with E-state index < -0.39 is 0 Å². The van der Waals surface area contributed by atoms with Crippen LogP contribution in [0.5, 0.6) is 0 Å². The van der Waals surface area contributed by atoms with Gasteiger partial charge in [0.25, 0.3) is 0 Å². The maximum absolute atomic E-state index is 9.48. The zero-order valence-electron chi connectivity index (χ0n) is 14.6. The molecule has 0 radical (unpaired) electrons. The number of aryl methyl sites for hydroxylation is 1. The molecule has 0 bridgehead atoms. The lowest BCUT2D eigenvalue weighted by molar-refractivity contribution is 0.135. The van der Waals surface area contributed by atoms with Crippen LogP contribution in [0.15, 0.2) is 42.6 Å². The zero-order valence-corrected chi connectivity index (χ0v) is 14.6. The molecule has 1 unspecified atom stereocenters. The van der Waals surface area contributed by atoms with Gasteiger partial charge in [-0.1, -0.05) is 29.8 Å². The van der Waals surface area contributed by atoms with E-state index in [4.69, 9.17) is 0 Å². The summed E-state index contributed by atoms with van der Waals surface area (Å²) in [6, 6.07) is 14.7. The molecule has 1 saturated heterocycles. The molecule has 0 saturated carbocycles. The molecule has 1 aliphatic rings. The molecule has 5 heteroatoms. The summed E-state index contributed by atoms with van der Waals surface area (Å²) in [5.74, 6) is 0.753. The molecular formula is C20H24N4O. The number of pyridine rings is 1. The lowest BCUT2D eigenvalue weighted by Crippen LogP contribution is -2.53. The quantitative estimate of drug-likeness (QED) is 0.908. The maximum Gasteiger partial charge on any atom is 0.146 e. The van der Waals surface area contributed by atoms with Crippen LogP contribution in [0.1, 0.15) is 23.1 Å². The van der Waals surface area contributed by atoms with Crippen molar-refractivity contribution >= 4 is 5.82 Å². The summed E-state index contributed by atoms with van der Waals surface area (Å²) in [7, 11) is 0. The minimum atomic E-state index is 0.163. The van der Waals surface area contributed by atoms with Crippen molar-refractivity contribution in [2.45, 2.75) is 25.9 Å². The normalized spacial score (nSPS) is 18.1. The molecule has 0 amide bonds. The number of anilines is 1. The fourth-order valence-corrected chi connectivity index (χ4v) is 3.38. The third-order valence-electron chi connectivity index (χ3n) is 4.78. The molecular weight excluding hydrogens is 312 g/mol. The molecule has 25 heavy (non-hydrogen) atoms. The number of nitriles is 1. The number of nitrogens with zero attached hydrogens (tertiary/aromatic N) is 4.